The van der Waals surface area contributed by atoms with E-state index in [2.05, 4.69) is 6.08 Å². The van der Waals surface area contributed by atoms with Gasteiger partial charge in [0.25, 0.3) is 5.78 Å². The van der Waals surface area contributed by atoms with Crippen LogP contribution < -0.4 is 0 Å². The Morgan fingerprint density at radius 3 is 2.85 bits per heavy atom. The van der Waals surface area contributed by atoms with Gasteiger partial charge in [-0.1, -0.05) is 0 Å². The Morgan fingerprint density at radius 1 is 1.62 bits per heavy atom. The Balaban J connectivity index is 2.82. The fourth-order valence-corrected chi connectivity index (χ4v) is 1.03. The average molecular weight is 181 g/mol. The van der Waals surface area contributed by atoms with Crippen LogP contribution in [0.5, 0.6) is 0 Å². The van der Waals surface area contributed by atoms with Crippen molar-refractivity contribution < 1.29 is 19.4 Å². The number of Topliss-reactive ketones (excluding diaryl/α,β-unsaturated/α-hetero) is 1. The molecule has 0 aromatic carbocycles. The predicted octanol–water partition coefficient (Wildman–Crippen LogP) is 0.694. The van der Waals surface area contributed by atoms with E-state index in [-0.39, 0.29) is 5.57 Å². The molecule has 4 nitrogen and oxygen atoms in total. The number of carboxylic acid groups (broad SMARTS) is 1. The van der Waals surface area contributed by atoms with E-state index < -0.39 is 11.8 Å². The zero-order valence-electron chi connectivity index (χ0n) is 7.16. The summed E-state index contributed by atoms with van der Waals surface area (Å²) in [5.74, 6) is -1.78. The third-order valence-electron chi connectivity index (χ3n) is 1.69. The molecule has 1 N–H and O–H groups in total. The number of carboxylic acids is 1. The van der Waals surface area contributed by atoms with E-state index >= 15 is 0 Å². The van der Waals surface area contributed by atoms with Crippen LogP contribution in [0.25, 0.3) is 0 Å². The van der Waals surface area contributed by atoms with Crippen molar-refractivity contribution >= 4 is 11.8 Å². The number of carbonyl (C=O) groups excluding carboxylic acids is 1. The molecule has 0 amide bonds. The Hall–Kier alpha value is -1.58. The van der Waals surface area contributed by atoms with Crippen LogP contribution in [0.4, 0.5) is 0 Å². The van der Waals surface area contributed by atoms with Gasteiger partial charge in [0.15, 0.2) is 0 Å². The minimum Gasteiger partial charge on any atom is -0.501 e. The van der Waals surface area contributed by atoms with E-state index in [9.17, 15) is 9.59 Å². The van der Waals surface area contributed by atoms with E-state index in [1.54, 1.807) is 0 Å². The highest BCUT2D eigenvalue weighted by molar-refractivity contribution is 6.40. The molecule has 0 saturated heterocycles. The van der Waals surface area contributed by atoms with Gasteiger partial charge < -0.3 is 9.84 Å². The minimum absolute atomic E-state index is 0.0793. The molecule has 0 aliphatic heterocycles. The lowest BCUT2D eigenvalue weighted by atomic mass is 10.0. The first-order valence-electron chi connectivity index (χ1n) is 3.78. The summed E-state index contributed by atoms with van der Waals surface area (Å²) < 4.78 is 4.91. The van der Waals surface area contributed by atoms with Crippen molar-refractivity contribution in [2.45, 2.75) is 12.8 Å². The van der Waals surface area contributed by atoms with Gasteiger partial charge in [-0.25, -0.2) is 4.79 Å². The summed E-state index contributed by atoms with van der Waals surface area (Å²) in [4.78, 5) is 21.3. The summed E-state index contributed by atoms with van der Waals surface area (Å²) in [6.07, 6.45) is 5.29. The SMILES string of the molecule is COC1=CC(C(=O)C(=O)O)=[C]CC1. The van der Waals surface area contributed by atoms with Crippen LogP contribution in [-0.2, 0) is 14.3 Å². The molecule has 13 heavy (non-hydrogen) atoms. The van der Waals surface area contributed by atoms with Crippen LogP contribution in [0.1, 0.15) is 12.8 Å². The topological polar surface area (TPSA) is 63.6 Å². The highest BCUT2D eigenvalue weighted by Crippen LogP contribution is 2.17. The molecule has 1 aliphatic rings. The number of allylic oxidation sites excluding steroid dienone is 3. The smallest absolute Gasteiger partial charge is 0.377 e. The molecule has 1 aliphatic carbocycles. The average Bonchev–Trinajstić information content (AvgIpc) is 2.16. The van der Waals surface area contributed by atoms with Gasteiger partial charge in [-0.15, -0.1) is 0 Å². The van der Waals surface area contributed by atoms with E-state index in [0.29, 0.717) is 18.6 Å². The monoisotopic (exact) mass is 181 g/mol. The molecular weight excluding hydrogens is 172 g/mol. The first-order chi connectivity index (χ1) is 6.15. The summed E-state index contributed by atoms with van der Waals surface area (Å²) in [5, 5.41) is 8.41. The zero-order chi connectivity index (χ0) is 9.84. The number of ketones is 1. The van der Waals surface area contributed by atoms with Gasteiger partial charge in [0.1, 0.15) is 0 Å². The number of hydrogen-bond acceptors (Lipinski definition) is 3. The summed E-state index contributed by atoms with van der Waals surface area (Å²) in [6, 6.07) is 0. The molecule has 0 bridgehead atoms. The summed E-state index contributed by atoms with van der Waals surface area (Å²) in [6.45, 7) is 0. The summed E-state index contributed by atoms with van der Waals surface area (Å²) in [7, 11) is 1.49. The molecule has 0 aromatic heterocycles. The molecule has 1 rings (SSSR count). The van der Waals surface area contributed by atoms with E-state index in [1.165, 1.54) is 13.2 Å². The molecular formula is C9H9O4. The molecule has 4 heteroatoms. The van der Waals surface area contributed by atoms with Crippen LogP contribution in [0, 0.1) is 6.08 Å². The van der Waals surface area contributed by atoms with E-state index in [4.69, 9.17) is 9.84 Å². The van der Waals surface area contributed by atoms with Crippen LogP contribution in [0.2, 0.25) is 0 Å². The molecule has 1 radical (unpaired) electrons. The molecule has 0 saturated carbocycles. The number of hydrogen-bond donors (Lipinski definition) is 1. The second-order valence-electron chi connectivity index (χ2n) is 2.54. The first-order valence-corrected chi connectivity index (χ1v) is 3.78. The Kier molecular flexibility index (Phi) is 2.84. The molecule has 0 aromatic rings. The summed E-state index contributed by atoms with van der Waals surface area (Å²) in [5.41, 5.74) is 0.0793. The van der Waals surface area contributed by atoms with Crippen LogP contribution in [-0.4, -0.2) is 24.0 Å². The number of carbonyl (C=O) groups is 2. The second kappa shape index (κ2) is 3.89. The van der Waals surface area contributed by atoms with Crippen molar-refractivity contribution in [1.82, 2.24) is 0 Å². The van der Waals surface area contributed by atoms with Crippen molar-refractivity contribution in [2.75, 3.05) is 7.11 Å². The molecule has 0 spiro atoms. The van der Waals surface area contributed by atoms with Gasteiger partial charge in [0, 0.05) is 12.0 Å². The van der Waals surface area contributed by atoms with Crippen molar-refractivity contribution in [1.29, 1.82) is 0 Å². The van der Waals surface area contributed by atoms with Gasteiger partial charge in [-0.3, -0.25) is 4.79 Å². The van der Waals surface area contributed by atoms with Crippen molar-refractivity contribution in [3.05, 3.63) is 23.5 Å². The van der Waals surface area contributed by atoms with E-state index in [0.717, 1.165) is 0 Å². The standard InChI is InChI=1S/C9H9O4/c1-13-7-4-2-3-6(5-7)8(10)9(11)12/h5H,2,4H2,1H3,(H,11,12). The van der Waals surface area contributed by atoms with E-state index in [1.807, 2.05) is 0 Å². The maximum Gasteiger partial charge on any atom is 0.377 e. The molecule has 0 atom stereocenters. The lowest BCUT2D eigenvalue weighted by Gasteiger charge is -2.09. The van der Waals surface area contributed by atoms with Crippen LogP contribution >= 0.6 is 0 Å². The largest absolute Gasteiger partial charge is 0.501 e. The third-order valence-corrected chi connectivity index (χ3v) is 1.69. The van der Waals surface area contributed by atoms with Crippen LogP contribution in [0.3, 0.4) is 0 Å². The second-order valence-corrected chi connectivity index (χ2v) is 2.54. The van der Waals surface area contributed by atoms with Crippen molar-refractivity contribution in [2.24, 2.45) is 0 Å². The number of aliphatic carboxylic acids is 1. The van der Waals surface area contributed by atoms with Crippen molar-refractivity contribution in [3.8, 4) is 0 Å². The Bertz CT molecular complexity index is 299. The number of rotatable bonds is 3. The third kappa shape index (κ3) is 2.18. The molecule has 0 fully saturated rings. The number of ether oxygens (including phenoxy) is 1. The predicted molar refractivity (Wildman–Crippen MR) is 43.7 cm³/mol. The Labute approximate surface area is 75.5 Å². The van der Waals surface area contributed by atoms with Gasteiger partial charge >= 0.3 is 5.97 Å². The minimum atomic E-state index is -1.46. The summed E-state index contributed by atoms with van der Waals surface area (Å²) >= 11 is 0. The fraction of sp³-hybridized carbons (Fsp3) is 0.333. The molecule has 0 heterocycles. The normalized spacial score (nSPS) is 15.8. The lowest BCUT2D eigenvalue weighted by molar-refractivity contribution is -0.147. The van der Waals surface area contributed by atoms with Gasteiger partial charge in [-0.2, -0.15) is 0 Å². The van der Waals surface area contributed by atoms with Gasteiger partial charge in [-0.05, 0) is 18.6 Å². The van der Waals surface area contributed by atoms with Crippen LogP contribution in [0.15, 0.2) is 17.4 Å². The maximum atomic E-state index is 11.0. The van der Waals surface area contributed by atoms with Gasteiger partial charge in [0.2, 0.25) is 0 Å². The molecule has 69 valence electrons. The Morgan fingerprint density at radius 2 is 2.31 bits per heavy atom. The molecule has 0 unspecified atom stereocenters. The van der Waals surface area contributed by atoms with Gasteiger partial charge in [0.05, 0.1) is 12.9 Å². The quantitative estimate of drug-likeness (QED) is 0.651. The zero-order valence-corrected chi connectivity index (χ0v) is 7.16. The highest BCUT2D eigenvalue weighted by Gasteiger charge is 2.18. The number of methoxy groups -OCH3 is 1. The maximum absolute atomic E-state index is 11.0. The fourth-order valence-electron chi connectivity index (χ4n) is 1.03. The highest BCUT2D eigenvalue weighted by atomic mass is 16.5. The van der Waals surface area contributed by atoms with Crippen molar-refractivity contribution in [3.63, 3.8) is 0 Å². The first kappa shape index (κ1) is 9.51. The lowest BCUT2D eigenvalue weighted by Crippen LogP contribution is -2.15.